The van der Waals surface area contributed by atoms with Crippen LogP contribution in [0.1, 0.15) is 18.1 Å². The van der Waals surface area contributed by atoms with Crippen LogP contribution in [0.5, 0.6) is 0 Å². The number of pyridine rings is 1. The lowest BCUT2D eigenvalue weighted by Crippen LogP contribution is -2.06. The van der Waals surface area contributed by atoms with Crippen LogP contribution in [0.3, 0.4) is 0 Å². The van der Waals surface area contributed by atoms with E-state index in [0.717, 1.165) is 22.5 Å². The molecular formula is C15H17N3O2. The molecule has 1 heterocycles. The van der Waals surface area contributed by atoms with Crippen LogP contribution in [-0.2, 0) is 17.9 Å². The van der Waals surface area contributed by atoms with Crippen molar-refractivity contribution in [3.8, 4) is 0 Å². The monoisotopic (exact) mass is 271 g/mol. The molecule has 0 aliphatic carbocycles. The van der Waals surface area contributed by atoms with Gasteiger partial charge < -0.3 is 15.7 Å². The fourth-order valence-corrected chi connectivity index (χ4v) is 1.83. The van der Waals surface area contributed by atoms with Crippen LogP contribution in [0.4, 0.5) is 11.4 Å². The molecule has 1 aromatic heterocycles. The summed E-state index contributed by atoms with van der Waals surface area (Å²) in [7, 11) is 0. The fraction of sp³-hybridized carbons (Fsp3) is 0.200. The number of carbonyl (C=O) groups is 1. The number of hydrogen-bond donors (Lipinski definition) is 3. The van der Waals surface area contributed by atoms with Crippen molar-refractivity contribution in [1.82, 2.24) is 4.98 Å². The number of aliphatic hydroxyl groups excluding tert-OH is 1. The number of benzene rings is 1. The summed E-state index contributed by atoms with van der Waals surface area (Å²) in [4.78, 5) is 15.0. The SMILES string of the molecule is CC(=O)Nc1ccc(CNc2cnccc2CO)cc1. The number of carbonyl (C=O) groups excluding carboxylic acids is 1. The molecule has 0 radical (unpaired) electrons. The van der Waals surface area contributed by atoms with E-state index in [2.05, 4.69) is 15.6 Å². The number of nitrogens with zero attached hydrogens (tertiary/aromatic N) is 1. The zero-order valence-electron chi connectivity index (χ0n) is 11.3. The predicted octanol–water partition coefficient (Wildman–Crippen LogP) is 2.14. The molecule has 0 aliphatic rings. The van der Waals surface area contributed by atoms with Crippen LogP contribution in [0, 0.1) is 0 Å². The molecule has 0 fully saturated rings. The van der Waals surface area contributed by atoms with Gasteiger partial charge in [-0.25, -0.2) is 0 Å². The van der Waals surface area contributed by atoms with Crippen LogP contribution in [0.2, 0.25) is 0 Å². The normalized spacial score (nSPS) is 10.1. The standard InChI is InChI=1S/C15H17N3O2/c1-11(20)18-14-4-2-12(3-5-14)8-17-15-9-16-7-6-13(15)10-19/h2-7,9,17,19H,8,10H2,1H3,(H,18,20). The van der Waals surface area contributed by atoms with E-state index < -0.39 is 0 Å². The highest BCUT2D eigenvalue weighted by Gasteiger charge is 2.01. The maximum absolute atomic E-state index is 10.9. The minimum Gasteiger partial charge on any atom is -0.392 e. The lowest BCUT2D eigenvalue weighted by atomic mass is 10.2. The van der Waals surface area contributed by atoms with Crippen molar-refractivity contribution in [1.29, 1.82) is 0 Å². The molecule has 5 heteroatoms. The molecular weight excluding hydrogens is 254 g/mol. The van der Waals surface area contributed by atoms with Gasteiger partial charge in [-0.1, -0.05) is 12.1 Å². The van der Waals surface area contributed by atoms with Gasteiger partial charge in [-0.2, -0.15) is 0 Å². The summed E-state index contributed by atoms with van der Waals surface area (Å²) in [6.07, 6.45) is 3.34. The Morgan fingerprint density at radius 2 is 2.00 bits per heavy atom. The van der Waals surface area contributed by atoms with Gasteiger partial charge in [0.2, 0.25) is 5.91 Å². The Morgan fingerprint density at radius 3 is 2.65 bits per heavy atom. The Morgan fingerprint density at radius 1 is 1.25 bits per heavy atom. The first kappa shape index (κ1) is 14.0. The summed E-state index contributed by atoms with van der Waals surface area (Å²) < 4.78 is 0. The van der Waals surface area contributed by atoms with E-state index in [0.29, 0.717) is 6.54 Å². The highest BCUT2D eigenvalue weighted by molar-refractivity contribution is 5.88. The minimum atomic E-state index is -0.0844. The maximum atomic E-state index is 10.9. The van der Waals surface area contributed by atoms with E-state index in [4.69, 9.17) is 0 Å². The molecule has 2 rings (SSSR count). The molecule has 0 unspecified atom stereocenters. The zero-order chi connectivity index (χ0) is 14.4. The molecule has 0 spiro atoms. The van der Waals surface area contributed by atoms with Crippen molar-refractivity contribution in [3.05, 3.63) is 53.9 Å². The molecule has 0 aliphatic heterocycles. The number of rotatable bonds is 5. The van der Waals surface area contributed by atoms with Gasteiger partial charge >= 0.3 is 0 Å². The van der Waals surface area contributed by atoms with Gasteiger partial charge in [-0.05, 0) is 23.8 Å². The van der Waals surface area contributed by atoms with Gasteiger partial charge in [-0.3, -0.25) is 9.78 Å². The topological polar surface area (TPSA) is 74.2 Å². The average molecular weight is 271 g/mol. The molecule has 2 aromatic rings. The van der Waals surface area contributed by atoms with Gasteiger partial charge in [0.15, 0.2) is 0 Å². The Hall–Kier alpha value is -2.40. The first-order chi connectivity index (χ1) is 9.69. The maximum Gasteiger partial charge on any atom is 0.221 e. The Labute approximate surface area is 117 Å². The number of aliphatic hydroxyl groups is 1. The molecule has 5 nitrogen and oxygen atoms in total. The number of nitrogens with one attached hydrogen (secondary N) is 2. The van der Waals surface area contributed by atoms with Gasteiger partial charge in [-0.15, -0.1) is 0 Å². The summed E-state index contributed by atoms with van der Waals surface area (Å²) in [5, 5.41) is 15.2. The summed E-state index contributed by atoms with van der Waals surface area (Å²) in [5.41, 5.74) is 3.49. The second-order valence-corrected chi connectivity index (χ2v) is 4.42. The van der Waals surface area contributed by atoms with E-state index in [-0.39, 0.29) is 12.5 Å². The summed E-state index contributed by atoms with van der Waals surface area (Å²) >= 11 is 0. The third-order valence-electron chi connectivity index (χ3n) is 2.84. The molecule has 0 saturated carbocycles. The Kier molecular flexibility index (Phi) is 4.68. The first-order valence-corrected chi connectivity index (χ1v) is 6.33. The Bertz CT molecular complexity index is 582. The summed E-state index contributed by atoms with van der Waals surface area (Å²) in [5.74, 6) is -0.0844. The van der Waals surface area contributed by atoms with Gasteiger partial charge in [0.1, 0.15) is 0 Å². The lowest BCUT2D eigenvalue weighted by Gasteiger charge is -2.10. The van der Waals surface area contributed by atoms with E-state index in [9.17, 15) is 9.90 Å². The first-order valence-electron chi connectivity index (χ1n) is 6.33. The largest absolute Gasteiger partial charge is 0.392 e. The number of hydrogen-bond acceptors (Lipinski definition) is 4. The van der Waals surface area contributed by atoms with Crippen LogP contribution in [0.25, 0.3) is 0 Å². The van der Waals surface area contributed by atoms with Crippen molar-refractivity contribution in [2.75, 3.05) is 10.6 Å². The molecule has 3 N–H and O–H groups in total. The molecule has 104 valence electrons. The average Bonchev–Trinajstić information content (AvgIpc) is 2.46. The second kappa shape index (κ2) is 6.68. The van der Waals surface area contributed by atoms with Gasteiger partial charge in [0.25, 0.3) is 0 Å². The van der Waals surface area contributed by atoms with Crippen molar-refractivity contribution in [2.24, 2.45) is 0 Å². The zero-order valence-corrected chi connectivity index (χ0v) is 11.3. The van der Waals surface area contributed by atoms with E-state index in [1.165, 1.54) is 6.92 Å². The highest BCUT2D eigenvalue weighted by atomic mass is 16.3. The van der Waals surface area contributed by atoms with Crippen molar-refractivity contribution in [3.63, 3.8) is 0 Å². The summed E-state index contributed by atoms with van der Waals surface area (Å²) in [6.45, 7) is 2.08. The number of amides is 1. The third-order valence-corrected chi connectivity index (χ3v) is 2.84. The smallest absolute Gasteiger partial charge is 0.221 e. The van der Waals surface area contributed by atoms with Crippen molar-refractivity contribution < 1.29 is 9.90 Å². The molecule has 0 saturated heterocycles. The highest BCUT2D eigenvalue weighted by Crippen LogP contribution is 2.15. The molecule has 1 aromatic carbocycles. The quantitative estimate of drug-likeness (QED) is 0.779. The van der Waals surface area contributed by atoms with Crippen LogP contribution in [0.15, 0.2) is 42.7 Å². The van der Waals surface area contributed by atoms with Crippen LogP contribution in [-0.4, -0.2) is 16.0 Å². The molecule has 1 amide bonds. The second-order valence-electron chi connectivity index (χ2n) is 4.42. The van der Waals surface area contributed by atoms with E-state index >= 15 is 0 Å². The van der Waals surface area contributed by atoms with Crippen molar-refractivity contribution >= 4 is 17.3 Å². The summed E-state index contributed by atoms with van der Waals surface area (Å²) in [6, 6.07) is 9.37. The van der Waals surface area contributed by atoms with Crippen LogP contribution < -0.4 is 10.6 Å². The third kappa shape index (κ3) is 3.80. The molecule has 0 atom stereocenters. The number of aromatic nitrogens is 1. The lowest BCUT2D eigenvalue weighted by molar-refractivity contribution is -0.114. The van der Waals surface area contributed by atoms with Gasteiger partial charge in [0, 0.05) is 30.9 Å². The van der Waals surface area contributed by atoms with Crippen LogP contribution >= 0.6 is 0 Å². The van der Waals surface area contributed by atoms with E-state index in [1.54, 1.807) is 18.5 Å². The fourth-order valence-electron chi connectivity index (χ4n) is 1.83. The predicted molar refractivity (Wildman–Crippen MR) is 78.2 cm³/mol. The molecule has 0 bridgehead atoms. The molecule has 20 heavy (non-hydrogen) atoms. The van der Waals surface area contributed by atoms with Crippen molar-refractivity contribution in [2.45, 2.75) is 20.1 Å². The van der Waals surface area contributed by atoms with E-state index in [1.807, 2.05) is 24.3 Å². The minimum absolute atomic E-state index is 0.0215. The Balaban J connectivity index is 1.98. The number of anilines is 2. The van der Waals surface area contributed by atoms with Gasteiger partial charge in [0.05, 0.1) is 18.5 Å².